The van der Waals surface area contributed by atoms with Crippen LogP contribution < -0.4 is 15.9 Å². The molecule has 0 amide bonds. The molecule has 0 atom stereocenters. The van der Waals surface area contributed by atoms with E-state index >= 15 is 0 Å². The molecule has 0 saturated carbocycles. The Hall–Kier alpha value is -1.40. The van der Waals surface area contributed by atoms with Gasteiger partial charge < -0.3 is 0 Å². The molecule has 188 valence electrons. The molecule has 0 N–H and O–H groups in total. The number of allylic oxidation sites excluding steroid dienone is 2. The summed E-state index contributed by atoms with van der Waals surface area (Å²) in [5, 5.41) is 1.32. The maximum absolute atomic E-state index is 5.75. The number of benzene rings is 3. The molecule has 0 fully saturated rings. The van der Waals surface area contributed by atoms with Crippen LogP contribution in [0.2, 0.25) is 0 Å². The van der Waals surface area contributed by atoms with Gasteiger partial charge in [0.25, 0.3) is 0 Å². The van der Waals surface area contributed by atoms with Crippen molar-refractivity contribution in [1.82, 2.24) is 0 Å². The fraction of sp³-hybridized carbons (Fsp3) is 0.375. The minimum absolute atomic E-state index is 0.814. The van der Waals surface area contributed by atoms with E-state index in [1.54, 1.807) is 0 Å². The van der Waals surface area contributed by atoms with Crippen molar-refractivity contribution in [3.05, 3.63) is 103 Å². The Labute approximate surface area is 226 Å². The Balaban J connectivity index is 1.67. The van der Waals surface area contributed by atoms with E-state index in [1.807, 2.05) is 0 Å². The molecule has 0 bridgehead atoms. The van der Waals surface area contributed by atoms with Gasteiger partial charge in [-0.25, -0.2) is 0 Å². The summed E-state index contributed by atoms with van der Waals surface area (Å²) in [6, 6.07) is 33.2. The Bertz CT molecular complexity index is 888. The summed E-state index contributed by atoms with van der Waals surface area (Å²) in [5.41, 5.74) is 0. The minimum atomic E-state index is -2.82. The van der Waals surface area contributed by atoms with Gasteiger partial charge in [-0.1, -0.05) is 0 Å². The first kappa shape index (κ1) is 28.2. The van der Waals surface area contributed by atoms with Crippen molar-refractivity contribution in [2.45, 2.75) is 64.2 Å². The molecule has 35 heavy (non-hydrogen) atoms. The number of halogens is 2. The van der Waals surface area contributed by atoms with Crippen molar-refractivity contribution in [2.24, 2.45) is 0 Å². The van der Waals surface area contributed by atoms with E-state index in [1.165, 1.54) is 73.7 Å². The van der Waals surface area contributed by atoms with Gasteiger partial charge in [0.2, 0.25) is 0 Å². The third-order valence-electron chi connectivity index (χ3n) is 7.00. The number of hydrogen-bond acceptors (Lipinski definition) is 0. The third-order valence-corrected chi connectivity index (χ3v) is 16.8. The van der Waals surface area contributed by atoms with Crippen molar-refractivity contribution in [3.63, 3.8) is 0 Å². The zero-order valence-electron chi connectivity index (χ0n) is 21.0. The van der Waals surface area contributed by atoms with Crippen LogP contribution in [0.15, 0.2) is 103 Å². The predicted octanol–water partition coefficient (Wildman–Crippen LogP) is 9.52. The molecule has 0 aliphatic heterocycles. The number of hydrogen-bond donors (Lipinski definition) is 0. The fourth-order valence-electron chi connectivity index (χ4n) is 4.96. The van der Waals surface area contributed by atoms with Gasteiger partial charge in [-0.15, -0.1) is 11.6 Å². The normalized spacial score (nSPS) is 13.0. The number of alkyl halides is 1. The summed E-state index contributed by atoms with van der Waals surface area (Å²) < 4.78 is 0. The molecule has 0 heterocycles. The molecule has 3 heteroatoms. The molecular formula is C32H41BrClP. The third kappa shape index (κ3) is 7.55. The Kier molecular flexibility index (Phi) is 12.1. The molecule has 0 aromatic heterocycles. The summed E-state index contributed by atoms with van der Waals surface area (Å²) in [6.07, 6.45) is 18.9. The first-order valence-electron chi connectivity index (χ1n) is 13.3. The summed E-state index contributed by atoms with van der Waals surface area (Å²) in [4.78, 5) is 0. The molecule has 0 unspecified atom stereocenters. The van der Waals surface area contributed by atoms with Crippen LogP contribution in [0.5, 0.6) is 0 Å². The average Bonchev–Trinajstić information content (AvgIpc) is 2.93. The van der Waals surface area contributed by atoms with Crippen molar-refractivity contribution in [1.29, 1.82) is 0 Å². The van der Waals surface area contributed by atoms with Crippen LogP contribution in [-0.2, 0) is 0 Å². The van der Waals surface area contributed by atoms with E-state index in [0.29, 0.717) is 0 Å². The standard InChI is InChI=1S/C32H41BrClP/c33-35(30-22-14-11-15-23-30,31-24-16-12-17-25-31,32-26-18-13-19-27-32)29-21-10-8-6-4-2-1-3-5-7-9-20-28-34/h10-19,21-27H,1-9,20,28-29H2. The molecule has 0 nitrogen and oxygen atoms in total. The molecule has 0 spiro atoms. The maximum atomic E-state index is 5.75. The van der Waals surface area contributed by atoms with E-state index in [4.69, 9.17) is 11.6 Å². The second kappa shape index (κ2) is 15.0. The average molecular weight is 572 g/mol. The fourth-order valence-corrected chi connectivity index (χ4v) is 12.2. The molecule has 3 aromatic carbocycles. The van der Waals surface area contributed by atoms with Gasteiger partial charge in [0, 0.05) is 5.88 Å². The van der Waals surface area contributed by atoms with Crippen LogP contribution in [0, 0.1) is 0 Å². The number of unbranched alkanes of at least 4 members (excludes halogenated alkanes) is 9. The summed E-state index contributed by atoms with van der Waals surface area (Å²) in [5.74, 6) is 0.814. The first-order valence-corrected chi connectivity index (χ1v) is 18.3. The molecular weight excluding hydrogens is 531 g/mol. The van der Waals surface area contributed by atoms with Gasteiger partial charge in [-0.3, -0.25) is 0 Å². The van der Waals surface area contributed by atoms with E-state index in [2.05, 4.69) is 119 Å². The van der Waals surface area contributed by atoms with E-state index in [9.17, 15) is 0 Å². The topological polar surface area (TPSA) is 0 Å². The summed E-state index contributed by atoms with van der Waals surface area (Å²) in [7, 11) is 0. The van der Waals surface area contributed by atoms with Crippen molar-refractivity contribution < 1.29 is 0 Å². The predicted molar refractivity (Wildman–Crippen MR) is 165 cm³/mol. The first-order chi connectivity index (χ1) is 17.2. The van der Waals surface area contributed by atoms with Crippen LogP contribution in [0.4, 0.5) is 0 Å². The molecule has 0 aliphatic carbocycles. The van der Waals surface area contributed by atoms with Gasteiger partial charge in [0.15, 0.2) is 0 Å². The Morgan fingerprint density at radius 3 is 1.29 bits per heavy atom. The second-order valence-corrected chi connectivity index (χ2v) is 18.9. The number of rotatable bonds is 16. The van der Waals surface area contributed by atoms with Crippen molar-refractivity contribution in [3.8, 4) is 0 Å². The molecule has 0 radical (unpaired) electrons. The van der Waals surface area contributed by atoms with Gasteiger partial charge in [-0.05, 0) is 6.42 Å². The van der Waals surface area contributed by atoms with Crippen LogP contribution in [-0.4, -0.2) is 12.0 Å². The molecule has 3 rings (SSSR count). The Morgan fingerprint density at radius 1 is 0.514 bits per heavy atom. The van der Waals surface area contributed by atoms with Crippen LogP contribution >= 0.6 is 32.4 Å². The van der Waals surface area contributed by atoms with Crippen LogP contribution in [0.3, 0.4) is 0 Å². The molecule has 3 aromatic rings. The zero-order valence-corrected chi connectivity index (χ0v) is 24.2. The van der Waals surface area contributed by atoms with Crippen LogP contribution in [0.1, 0.15) is 64.2 Å². The van der Waals surface area contributed by atoms with Gasteiger partial charge in [-0.2, -0.15) is 0 Å². The van der Waals surface area contributed by atoms with Gasteiger partial charge >= 0.3 is 204 Å². The van der Waals surface area contributed by atoms with Crippen LogP contribution in [0.25, 0.3) is 0 Å². The zero-order chi connectivity index (χ0) is 24.7. The quantitative estimate of drug-likeness (QED) is 0.0695. The molecule has 0 aliphatic rings. The van der Waals surface area contributed by atoms with Gasteiger partial charge in [0.05, 0.1) is 0 Å². The Morgan fingerprint density at radius 2 is 0.886 bits per heavy atom. The summed E-state index contributed by atoms with van der Waals surface area (Å²) >= 11 is 10.3. The molecule has 0 saturated heterocycles. The van der Waals surface area contributed by atoms with E-state index in [0.717, 1.165) is 18.5 Å². The van der Waals surface area contributed by atoms with E-state index < -0.39 is 5.31 Å². The van der Waals surface area contributed by atoms with E-state index in [-0.39, 0.29) is 0 Å². The SMILES string of the molecule is ClCCCCCCCCCCCC=CCP(Br)(c1ccccc1)(c1ccccc1)c1ccccc1. The van der Waals surface area contributed by atoms with Crippen molar-refractivity contribution >= 4 is 48.3 Å². The van der Waals surface area contributed by atoms with Gasteiger partial charge in [0.1, 0.15) is 0 Å². The monoisotopic (exact) mass is 570 g/mol. The second-order valence-electron chi connectivity index (χ2n) is 9.50. The summed E-state index contributed by atoms with van der Waals surface area (Å²) in [6.45, 7) is 0. The van der Waals surface area contributed by atoms with Crippen molar-refractivity contribution in [2.75, 3.05) is 12.0 Å².